The largest absolute Gasteiger partial charge is 0.416 e. The van der Waals surface area contributed by atoms with Crippen molar-refractivity contribution in [3.8, 4) is 0 Å². The van der Waals surface area contributed by atoms with Crippen LogP contribution in [-0.2, 0) is 12.7 Å². The molecule has 0 atom stereocenters. The van der Waals surface area contributed by atoms with Crippen LogP contribution in [0.15, 0.2) is 66.9 Å². The molecule has 1 aliphatic heterocycles. The second kappa shape index (κ2) is 10.1. The smallest absolute Gasteiger partial charge is 0.366 e. The second-order valence-corrected chi connectivity index (χ2v) is 8.23. The number of nitrogens with two attached hydrogens (primary N) is 1. The number of piperazine rings is 1. The highest BCUT2D eigenvalue weighted by molar-refractivity contribution is 5.99. The number of anilines is 2. The lowest BCUT2D eigenvalue weighted by molar-refractivity contribution is -0.137. The lowest BCUT2D eigenvalue weighted by atomic mass is 10.1. The van der Waals surface area contributed by atoms with Crippen LogP contribution in [0.2, 0.25) is 0 Å². The molecule has 1 aliphatic rings. The van der Waals surface area contributed by atoms with Gasteiger partial charge in [-0.15, -0.1) is 0 Å². The van der Waals surface area contributed by atoms with E-state index in [1.165, 1.54) is 18.3 Å². The molecule has 1 saturated heterocycles. The van der Waals surface area contributed by atoms with Crippen molar-refractivity contribution in [1.82, 2.24) is 14.8 Å². The minimum atomic E-state index is -4.47. The van der Waals surface area contributed by atoms with Gasteiger partial charge in [-0.1, -0.05) is 18.2 Å². The number of hydrogen-bond donors (Lipinski definition) is 2. The van der Waals surface area contributed by atoms with Gasteiger partial charge in [-0.3, -0.25) is 14.5 Å². The molecule has 10 heteroatoms. The van der Waals surface area contributed by atoms with E-state index in [1.807, 2.05) is 12.1 Å². The van der Waals surface area contributed by atoms with Crippen molar-refractivity contribution in [2.75, 3.05) is 31.5 Å². The van der Waals surface area contributed by atoms with Crippen LogP contribution in [0.4, 0.5) is 24.7 Å². The van der Waals surface area contributed by atoms with Crippen molar-refractivity contribution in [1.29, 1.82) is 0 Å². The summed E-state index contributed by atoms with van der Waals surface area (Å²) >= 11 is 0. The highest BCUT2D eigenvalue weighted by Gasteiger charge is 2.30. The van der Waals surface area contributed by atoms with E-state index in [0.717, 1.165) is 17.7 Å². The van der Waals surface area contributed by atoms with Gasteiger partial charge in [-0.2, -0.15) is 13.2 Å². The third-order valence-corrected chi connectivity index (χ3v) is 5.79. The van der Waals surface area contributed by atoms with E-state index < -0.39 is 17.6 Å². The van der Waals surface area contributed by atoms with Gasteiger partial charge in [0.1, 0.15) is 5.82 Å². The van der Waals surface area contributed by atoms with Gasteiger partial charge in [0, 0.05) is 50.2 Å². The Hall–Kier alpha value is -3.92. The van der Waals surface area contributed by atoms with Gasteiger partial charge in [-0.25, -0.2) is 4.98 Å². The highest BCUT2D eigenvalue weighted by Crippen LogP contribution is 2.31. The van der Waals surface area contributed by atoms with Crippen LogP contribution in [0.5, 0.6) is 0 Å². The molecule has 2 aromatic carbocycles. The number of nitrogens with zero attached hydrogens (tertiary/aromatic N) is 3. The fourth-order valence-corrected chi connectivity index (χ4v) is 3.90. The molecule has 3 aromatic rings. The minimum absolute atomic E-state index is 0.194. The molecule has 2 heterocycles. The van der Waals surface area contributed by atoms with E-state index in [4.69, 9.17) is 5.73 Å². The molecule has 7 nitrogen and oxygen atoms in total. The molecule has 1 fully saturated rings. The van der Waals surface area contributed by atoms with Crippen LogP contribution < -0.4 is 11.1 Å². The Kier molecular flexibility index (Phi) is 7.02. The van der Waals surface area contributed by atoms with Crippen molar-refractivity contribution in [3.63, 3.8) is 0 Å². The van der Waals surface area contributed by atoms with E-state index in [-0.39, 0.29) is 17.4 Å². The van der Waals surface area contributed by atoms with Gasteiger partial charge in [0.2, 0.25) is 5.91 Å². The fourth-order valence-electron chi connectivity index (χ4n) is 3.90. The van der Waals surface area contributed by atoms with Crippen LogP contribution in [0.1, 0.15) is 31.8 Å². The van der Waals surface area contributed by atoms with Gasteiger partial charge in [0.05, 0.1) is 11.1 Å². The van der Waals surface area contributed by atoms with Crippen molar-refractivity contribution in [2.45, 2.75) is 12.7 Å². The van der Waals surface area contributed by atoms with Crippen molar-refractivity contribution >= 4 is 23.3 Å². The zero-order valence-electron chi connectivity index (χ0n) is 18.8. The minimum Gasteiger partial charge on any atom is -0.366 e. The fraction of sp³-hybridized carbons (Fsp3) is 0.240. The predicted molar refractivity (Wildman–Crippen MR) is 125 cm³/mol. The highest BCUT2D eigenvalue weighted by atomic mass is 19.4. The summed E-state index contributed by atoms with van der Waals surface area (Å²) in [6.07, 6.45) is -2.99. The Balaban J connectivity index is 1.40. The van der Waals surface area contributed by atoms with Gasteiger partial charge in [0.15, 0.2) is 0 Å². The van der Waals surface area contributed by atoms with Crippen LogP contribution in [0, 0.1) is 0 Å². The first-order chi connectivity index (χ1) is 16.7. The molecule has 0 radical (unpaired) electrons. The Labute approximate surface area is 200 Å². The Morgan fingerprint density at radius 3 is 2.34 bits per heavy atom. The molecule has 0 bridgehead atoms. The standard InChI is InChI=1S/C25H24F3N5O2/c26-25(27,28)19-3-1-4-20(15-19)31-23-21(5-2-10-30-23)24(35)33-13-11-32(12-14-33)16-17-6-8-18(9-7-17)22(29)34/h1-10,15H,11-14,16H2,(H2,29,34)(H,30,31). The zero-order chi connectivity index (χ0) is 25.0. The number of carbonyl (C=O) groups is 2. The van der Waals surface area contributed by atoms with Gasteiger partial charge < -0.3 is 16.0 Å². The Morgan fingerprint density at radius 1 is 0.971 bits per heavy atom. The molecule has 4 rings (SSSR count). The van der Waals surface area contributed by atoms with E-state index in [2.05, 4.69) is 15.2 Å². The molecule has 3 N–H and O–H groups in total. The molecule has 0 spiro atoms. The average molecular weight is 483 g/mol. The quantitative estimate of drug-likeness (QED) is 0.555. The van der Waals surface area contributed by atoms with Crippen LogP contribution in [0.3, 0.4) is 0 Å². The summed E-state index contributed by atoms with van der Waals surface area (Å²) in [4.78, 5) is 32.5. The molecule has 35 heavy (non-hydrogen) atoms. The topological polar surface area (TPSA) is 91.6 Å². The molecule has 0 aliphatic carbocycles. The molecule has 0 saturated carbocycles. The normalized spacial score (nSPS) is 14.5. The van der Waals surface area contributed by atoms with Gasteiger partial charge in [-0.05, 0) is 48.0 Å². The zero-order valence-corrected chi connectivity index (χ0v) is 18.8. The summed E-state index contributed by atoms with van der Waals surface area (Å²) < 4.78 is 39.1. The predicted octanol–water partition coefficient (Wildman–Crippen LogP) is 3.90. The maximum absolute atomic E-state index is 13.2. The number of carbonyl (C=O) groups excluding carboxylic acids is 2. The maximum Gasteiger partial charge on any atom is 0.416 e. The summed E-state index contributed by atoms with van der Waals surface area (Å²) in [5, 5.41) is 2.86. The Bertz CT molecular complexity index is 1210. The third kappa shape index (κ3) is 5.96. The van der Waals surface area contributed by atoms with E-state index in [9.17, 15) is 22.8 Å². The molecule has 0 unspecified atom stereocenters. The van der Waals surface area contributed by atoms with E-state index >= 15 is 0 Å². The van der Waals surface area contributed by atoms with Gasteiger partial charge in [0.25, 0.3) is 5.91 Å². The van der Waals surface area contributed by atoms with Crippen LogP contribution in [-0.4, -0.2) is 52.8 Å². The number of benzene rings is 2. The number of aromatic nitrogens is 1. The number of hydrogen-bond acceptors (Lipinski definition) is 5. The first kappa shape index (κ1) is 24.2. The molecule has 182 valence electrons. The first-order valence-corrected chi connectivity index (χ1v) is 11.0. The van der Waals surface area contributed by atoms with Crippen molar-refractivity contribution in [3.05, 3.63) is 89.1 Å². The monoisotopic (exact) mass is 483 g/mol. The number of halogens is 3. The lowest BCUT2D eigenvalue weighted by Gasteiger charge is -2.35. The maximum atomic E-state index is 13.2. The van der Waals surface area contributed by atoms with E-state index in [1.54, 1.807) is 29.2 Å². The van der Waals surface area contributed by atoms with Crippen molar-refractivity contribution < 1.29 is 22.8 Å². The first-order valence-electron chi connectivity index (χ1n) is 11.0. The third-order valence-electron chi connectivity index (χ3n) is 5.79. The summed E-state index contributed by atoms with van der Waals surface area (Å²) in [5.41, 5.74) is 6.47. The molecule has 2 amide bonds. The van der Waals surface area contributed by atoms with Gasteiger partial charge >= 0.3 is 6.18 Å². The number of nitrogens with one attached hydrogen (secondary N) is 1. The SMILES string of the molecule is NC(=O)c1ccc(CN2CCN(C(=O)c3cccnc3Nc3cccc(C(F)(F)F)c3)CC2)cc1. The van der Waals surface area contributed by atoms with Crippen LogP contribution in [0.25, 0.3) is 0 Å². The number of primary amides is 1. The lowest BCUT2D eigenvalue weighted by Crippen LogP contribution is -2.48. The average Bonchev–Trinajstić information content (AvgIpc) is 2.84. The number of alkyl halides is 3. The van der Waals surface area contributed by atoms with Crippen LogP contribution >= 0.6 is 0 Å². The summed E-state index contributed by atoms with van der Waals surface area (Å²) in [7, 11) is 0. The summed E-state index contributed by atoms with van der Waals surface area (Å²) in [6, 6.07) is 15.1. The summed E-state index contributed by atoms with van der Waals surface area (Å²) in [6.45, 7) is 2.97. The van der Waals surface area contributed by atoms with Crippen molar-refractivity contribution in [2.24, 2.45) is 5.73 Å². The molecular weight excluding hydrogens is 459 g/mol. The molecular formula is C25H24F3N5O2. The summed E-state index contributed by atoms with van der Waals surface area (Å²) in [5.74, 6) is -0.507. The number of pyridine rings is 1. The number of rotatable bonds is 6. The number of amides is 2. The Morgan fingerprint density at radius 2 is 1.69 bits per heavy atom. The second-order valence-electron chi connectivity index (χ2n) is 8.23. The molecule has 1 aromatic heterocycles. The van der Waals surface area contributed by atoms with E-state index in [0.29, 0.717) is 43.9 Å².